The number of benzene rings is 1. The van der Waals surface area contributed by atoms with E-state index in [9.17, 15) is 14.0 Å². The number of hydrogen-bond acceptors (Lipinski definition) is 5. The first kappa shape index (κ1) is 19.1. The second-order valence-corrected chi connectivity index (χ2v) is 5.95. The fourth-order valence-electron chi connectivity index (χ4n) is 2.37. The minimum atomic E-state index is -0.758. The highest BCUT2D eigenvalue weighted by molar-refractivity contribution is 5.97. The third kappa shape index (κ3) is 4.94. The van der Waals surface area contributed by atoms with Crippen molar-refractivity contribution in [2.75, 3.05) is 0 Å². The van der Waals surface area contributed by atoms with E-state index in [4.69, 9.17) is 9.15 Å². The van der Waals surface area contributed by atoms with Gasteiger partial charge in [-0.15, -0.1) is 0 Å². The zero-order chi connectivity index (χ0) is 19.9. The van der Waals surface area contributed by atoms with Crippen molar-refractivity contribution in [1.29, 1.82) is 0 Å². The van der Waals surface area contributed by atoms with E-state index in [0.29, 0.717) is 16.9 Å². The number of carbonyl (C=O) groups is 2. The molecule has 7 nitrogen and oxygen atoms in total. The molecule has 0 saturated carbocycles. The van der Waals surface area contributed by atoms with Gasteiger partial charge in [0.15, 0.2) is 0 Å². The van der Waals surface area contributed by atoms with Crippen LogP contribution in [0.3, 0.4) is 0 Å². The summed E-state index contributed by atoms with van der Waals surface area (Å²) in [6.45, 7) is 1.70. The molecular formula is C20H18FN3O4. The number of pyridine rings is 1. The fraction of sp³-hybridized carbons (Fsp3) is 0.150. The Bertz CT molecular complexity index is 960. The minimum Gasteiger partial charge on any atom is -0.472 e. The van der Waals surface area contributed by atoms with Crippen molar-refractivity contribution >= 4 is 11.8 Å². The van der Waals surface area contributed by atoms with Crippen LogP contribution < -0.4 is 15.4 Å². The van der Waals surface area contributed by atoms with Crippen molar-refractivity contribution in [2.24, 2.45) is 0 Å². The molecule has 0 radical (unpaired) electrons. The summed E-state index contributed by atoms with van der Waals surface area (Å²) in [6, 6.07) is 9.86. The average Bonchev–Trinajstić information content (AvgIpc) is 3.22. The second-order valence-electron chi connectivity index (χ2n) is 5.95. The summed E-state index contributed by atoms with van der Waals surface area (Å²) in [5.41, 5.74) is 0.936. The number of nitrogens with one attached hydrogen (secondary N) is 2. The number of hydrogen-bond donors (Lipinski definition) is 2. The van der Waals surface area contributed by atoms with E-state index in [1.54, 1.807) is 25.1 Å². The zero-order valence-corrected chi connectivity index (χ0v) is 15.0. The zero-order valence-electron chi connectivity index (χ0n) is 15.0. The SMILES string of the molecule is C[C@@H](NC(=O)c1ccoc1)C(=O)NCc1cccnc1Oc1cccc(F)c1. The molecule has 0 aliphatic rings. The first-order chi connectivity index (χ1) is 13.5. The summed E-state index contributed by atoms with van der Waals surface area (Å²) in [7, 11) is 0. The Labute approximate surface area is 160 Å². The summed E-state index contributed by atoms with van der Waals surface area (Å²) in [5.74, 6) is -0.661. The standard InChI is InChI=1S/C20H18FN3O4/c1-13(24-19(26)15-7-9-27-12-15)18(25)23-11-14-4-3-8-22-20(14)28-17-6-2-5-16(21)10-17/h2-10,12-13H,11H2,1H3,(H,23,25)(H,24,26)/t13-/m1/s1. The highest BCUT2D eigenvalue weighted by Gasteiger charge is 2.17. The van der Waals surface area contributed by atoms with Gasteiger partial charge < -0.3 is 19.8 Å². The lowest BCUT2D eigenvalue weighted by molar-refractivity contribution is -0.122. The van der Waals surface area contributed by atoms with Crippen LogP contribution >= 0.6 is 0 Å². The van der Waals surface area contributed by atoms with Crippen molar-refractivity contribution in [3.63, 3.8) is 0 Å². The molecule has 0 bridgehead atoms. The Morgan fingerprint density at radius 2 is 2.11 bits per heavy atom. The maximum absolute atomic E-state index is 13.3. The summed E-state index contributed by atoms with van der Waals surface area (Å²) < 4.78 is 23.8. The first-order valence-corrected chi connectivity index (χ1v) is 8.51. The molecule has 1 aromatic carbocycles. The van der Waals surface area contributed by atoms with Gasteiger partial charge in [0.05, 0.1) is 11.8 Å². The van der Waals surface area contributed by atoms with Gasteiger partial charge in [0.25, 0.3) is 5.91 Å². The van der Waals surface area contributed by atoms with E-state index < -0.39 is 17.8 Å². The maximum atomic E-state index is 13.3. The third-order valence-corrected chi connectivity index (χ3v) is 3.84. The molecule has 2 N–H and O–H groups in total. The van der Waals surface area contributed by atoms with Crippen LogP contribution in [0, 0.1) is 5.82 Å². The summed E-state index contributed by atoms with van der Waals surface area (Å²) in [5, 5.41) is 5.30. The van der Waals surface area contributed by atoms with Gasteiger partial charge >= 0.3 is 0 Å². The van der Waals surface area contributed by atoms with E-state index in [1.807, 2.05) is 0 Å². The molecule has 3 aromatic rings. The van der Waals surface area contributed by atoms with Crippen molar-refractivity contribution < 1.29 is 23.1 Å². The van der Waals surface area contributed by atoms with E-state index in [-0.39, 0.29) is 18.3 Å². The maximum Gasteiger partial charge on any atom is 0.255 e. The van der Waals surface area contributed by atoms with Crippen LogP contribution in [-0.2, 0) is 11.3 Å². The quantitative estimate of drug-likeness (QED) is 0.654. The molecule has 0 aliphatic carbocycles. The van der Waals surface area contributed by atoms with E-state index in [1.165, 1.54) is 43.0 Å². The molecule has 8 heteroatoms. The highest BCUT2D eigenvalue weighted by atomic mass is 19.1. The van der Waals surface area contributed by atoms with Crippen LogP contribution in [0.15, 0.2) is 65.6 Å². The van der Waals surface area contributed by atoms with E-state index in [0.717, 1.165) is 0 Å². The summed E-state index contributed by atoms with van der Waals surface area (Å²) in [4.78, 5) is 28.4. The fourth-order valence-corrected chi connectivity index (χ4v) is 2.37. The lowest BCUT2D eigenvalue weighted by Gasteiger charge is -2.15. The monoisotopic (exact) mass is 383 g/mol. The number of ether oxygens (including phenoxy) is 1. The molecule has 0 saturated heterocycles. The topological polar surface area (TPSA) is 93.5 Å². The van der Waals surface area contributed by atoms with Crippen LogP contribution in [-0.4, -0.2) is 22.8 Å². The minimum absolute atomic E-state index is 0.128. The van der Waals surface area contributed by atoms with Crippen LogP contribution in [0.2, 0.25) is 0 Å². The van der Waals surface area contributed by atoms with Gasteiger partial charge in [0.1, 0.15) is 23.9 Å². The van der Waals surface area contributed by atoms with Crippen LogP contribution in [0.5, 0.6) is 11.6 Å². The molecule has 144 valence electrons. The normalized spacial score (nSPS) is 11.5. The second kappa shape index (κ2) is 8.81. The van der Waals surface area contributed by atoms with Crippen LogP contribution in [0.25, 0.3) is 0 Å². The number of amides is 2. The number of rotatable bonds is 7. The van der Waals surface area contributed by atoms with Gasteiger partial charge in [-0.3, -0.25) is 9.59 Å². The van der Waals surface area contributed by atoms with Gasteiger partial charge in [-0.1, -0.05) is 12.1 Å². The number of aromatic nitrogens is 1. The van der Waals surface area contributed by atoms with Gasteiger partial charge in [-0.25, -0.2) is 9.37 Å². The van der Waals surface area contributed by atoms with Crippen LogP contribution in [0.4, 0.5) is 4.39 Å². The Hall–Kier alpha value is -3.68. The highest BCUT2D eigenvalue weighted by Crippen LogP contribution is 2.23. The Morgan fingerprint density at radius 3 is 2.86 bits per heavy atom. The summed E-state index contributed by atoms with van der Waals surface area (Å²) >= 11 is 0. The predicted molar refractivity (Wildman–Crippen MR) is 98.2 cm³/mol. The van der Waals surface area contributed by atoms with Crippen molar-refractivity contribution in [3.8, 4) is 11.6 Å². The van der Waals surface area contributed by atoms with Gasteiger partial charge in [0, 0.05) is 24.4 Å². The van der Waals surface area contributed by atoms with Gasteiger partial charge in [-0.2, -0.15) is 0 Å². The van der Waals surface area contributed by atoms with Crippen molar-refractivity contribution in [2.45, 2.75) is 19.5 Å². The first-order valence-electron chi connectivity index (χ1n) is 8.51. The number of carbonyl (C=O) groups excluding carboxylic acids is 2. The lowest BCUT2D eigenvalue weighted by Crippen LogP contribution is -2.44. The Kier molecular flexibility index (Phi) is 6.01. The molecule has 28 heavy (non-hydrogen) atoms. The Balaban J connectivity index is 1.59. The van der Waals surface area contributed by atoms with E-state index >= 15 is 0 Å². The smallest absolute Gasteiger partial charge is 0.255 e. The summed E-state index contributed by atoms with van der Waals surface area (Å²) in [6.07, 6.45) is 4.21. The molecule has 3 rings (SSSR count). The Morgan fingerprint density at radius 1 is 1.25 bits per heavy atom. The molecule has 0 fully saturated rings. The van der Waals surface area contributed by atoms with Gasteiger partial charge in [-0.05, 0) is 31.2 Å². The number of nitrogens with zero attached hydrogens (tertiary/aromatic N) is 1. The average molecular weight is 383 g/mol. The van der Waals surface area contributed by atoms with Crippen molar-refractivity contribution in [3.05, 3.63) is 78.1 Å². The molecule has 0 spiro atoms. The molecule has 0 aliphatic heterocycles. The predicted octanol–water partition coefficient (Wildman–Crippen LogP) is 3.04. The third-order valence-electron chi connectivity index (χ3n) is 3.84. The van der Waals surface area contributed by atoms with Crippen LogP contribution in [0.1, 0.15) is 22.8 Å². The van der Waals surface area contributed by atoms with Crippen molar-refractivity contribution in [1.82, 2.24) is 15.6 Å². The number of furan rings is 1. The van der Waals surface area contributed by atoms with E-state index in [2.05, 4.69) is 15.6 Å². The largest absolute Gasteiger partial charge is 0.472 e. The molecule has 0 unspecified atom stereocenters. The molecular weight excluding hydrogens is 365 g/mol. The lowest BCUT2D eigenvalue weighted by atomic mass is 10.2. The van der Waals surface area contributed by atoms with Gasteiger partial charge in [0.2, 0.25) is 11.8 Å². The number of halogens is 1. The molecule has 2 amide bonds. The molecule has 2 heterocycles. The molecule has 2 aromatic heterocycles. The molecule has 1 atom stereocenters.